The number of rotatable bonds is 4. The van der Waals surface area contributed by atoms with Crippen molar-refractivity contribution in [3.63, 3.8) is 0 Å². The number of fused-ring (bicyclic) bond motifs is 1. The van der Waals surface area contributed by atoms with Crippen molar-refractivity contribution >= 4 is 21.6 Å². The van der Waals surface area contributed by atoms with Crippen LogP contribution in [-0.2, 0) is 26.5 Å². The zero-order valence-corrected chi connectivity index (χ0v) is 25.0. The summed E-state index contributed by atoms with van der Waals surface area (Å²) in [4.78, 5) is 9.73. The molecule has 0 saturated carbocycles. The van der Waals surface area contributed by atoms with E-state index < -0.39 is 0 Å². The first-order valence-corrected chi connectivity index (χ1v) is 13.5. The fraction of sp³-hybridized carbons (Fsp3) is 0.118. The van der Waals surface area contributed by atoms with Crippen LogP contribution in [0.25, 0.3) is 54.3 Å². The molecule has 1 N–H and O–H groups in total. The summed E-state index contributed by atoms with van der Waals surface area (Å²) in [5.41, 5.74) is 8.94. The first-order valence-electron chi connectivity index (χ1n) is 12.6. The molecule has 0 amide bonds. The van der Waals surface area contributed by atoms with Crippen molar-refractivity contribution < 1.29 is 26.2 Å². The van der Waals surface area contributed by atoms with Crippen molar-refractivity contribution in [2.75, 3.05) is 0 Å². The van der Waals surface area contributed by atoms with Crippen molar-refractivity contribution in [1.82, 2.24) is 9.97 Å². The summed E-state index contributed by atoms with van der Waals surface area (Å²) < 4.78 is 1.07. The topological polar surface area (TPSA) is 46.0 Å². The van der Waals surface area contributed by atoms with E-state index in [0.29, 0.717) is 0 Å². The molecule has 6 rings (SSSR count). The summed E-state index contributed by atoms with van der Waals surface area (Å²) in [6.07, 6.45) is 1.87. The first-order chi connectivity index (χ1) is 18.4. The number of phenols is 1. The van der Waals surface area contributed by atoms with Gasteiger partial charge < -0.3 is 5.11 Å². The van der Waals surface area contributed by atoms with Gasteiger partial charge in [-0.1, -0.05) is 92.6 Å². The summed E-state index contributed by atoms with van der Waals surface area (Å²) in [7, 11) is 0. The van der Waals surface area contributed by atoms with E-state index in [0.717, 1.165) is 54.3 Å². The summed E-state index contributed by atoms with van der Waals surface area (Å²) in [6, 6.07) is 36.3. The Morgan fingerprint density at radius 1 is 0.744 bits per heavy atom. The number of aromatic hydroxyl groups is 1. The molecule has 0 spiro atoms. The van der Waals surface area contributed by atoms with Crippen molar-refractivity contribution in [1.29, 1.82) is 0 Å². The molecule has 2 heterocycles. The minimum Gasteiger partial charge on any atom is -0.507 e. The Labute approximate surface area is 247 Å². The summed E-state index contributed by atoms with van der Waals surface area (Å²) in [6.45, 7) is 6.68. The molecule has 0 fully saturated rings. The molecule has 3 nitrogen and oxygen atoms in total. The smallest absolute Gasteiger partial charge is 0.127 e. The van der Waals surface area contributed by atoms with Crippen LogP contribution in [0.4, 0.5) is 0 Å². The first kappa shape index (κ1) is 27.0. The minimum atomic E-state index is -0.0629. The van der Waals surface area contributed by atoms with E-state index in [-0.39, 0.29) is 32.2 Å². The van der Waals surface area contributed by atoms with Crippen LogP contribution in [0.3, 0.4) is 0 Å². The van der Waals surface area contributed by atoms with E-state index in [9.17, 15) is 5.11 Å². The number of para-hydroxylation sites is 2. The van der Waals surface area contributed by atoms with Gasteiger partial charge in [0, 0.05) is 37.7 Å². The van der Waals surface area contributed by atoms with Crippen molar-refractivity contribution in [3.8, 4) is 49.8 Å². The van der Waals surface area contributed by atoms with Gasteiger partial charge in [-0.25, -0.2) is 4.98 Å². The van der Waals surface area contributed by atoms with Crippen LogP contribution in [0.1, 0.15) is 26.3 Å². The third kappa shape index (κ3) is 5.45. The van der Waals surface area contributed by atoms with E-state index in [1.165, 1.54) is 5.56 Å². The van der Waals surface area contributed by atoms with Crippen LogP contribution in [0.15, 0.2) is 103 Å². The predicted molar refractivity (Wildman–Crippen MR) is 158 cm³/mol. The molecule has 0 aliphatic carbocycles. The number of pyridine rings is 1. The van der Waals surface area contributed by atoms with Crippen molar-refractivity contribution in [2.45, 2.75) is 26.2 Å². The maximum Gasteiger partial charge on any atom is 0.127 e. The van der Waals surface area contributed by atoms with Crippen molar-refractivity contribution in [2.24, 2.45) is 0 Å². The average Bonchev–Trinajstić information content (AvgIpc) is 3.37. The van der Waals surface area contributed by atoms with Gasteiger partial charge >= 0.3 is 0 Å². The van der Waals surface area contributed by atoms with E-state index in [1.54, 1.807) is 17.4 Å². The summed E-state index contributed by atoms with van der Waals surface area (Å²) in [5, 5.41) is 11.2. The van der Waals surface area contributed by atoms with Crippen molar-refractivity contribution in [3.05, 3.63) is 115 Å². The fourth-order valence-corrected chi connectivity index (χ4v) is 5.64. The SMILES string of the molecule is CC(C)(C)c1cc(-c2cc(-c3ccccc3)ccn2)[c-]c(-c2cccc3sc(-c4ccccc4O)nc23)c1.[Pt]. The van der Waals surface area contributed by atoms with E-state index in [4.69, 9.17) is 9.97 Å². The third-order valence-electron chi connectivity index (χ3n) is 6.72. The number of aromatic nitrogens is 2. The van der Waals surface area contributed by atoms with Gasteiger partial charge in [-0.3, -0.25) is 4.98 Å². The molecule has 0 radical (unpaired) electrons. The molecule has 0 aliphatic rings. The quantitative estimate of drug-likeness (QED) is 0.186. The molecular formula is C34H27N2OPtS-. The van der Waals surface area contributed by atoms with Crippen LogP contribution in [0.2, 0.25) is 0 Å². The molecule has 0 unspecified atom stereocenters. The van der Waals surface area contributed by atoms with Gasteiger partial charge in [0.2, 0.25) is 0 Å². The monoisotopic (exact) mass is 706 g/mol. The van der Waals surface area contributed by atoms with Gasteiger partial charge in [0.1, 0.15) is 10.8 Å². The Hall–Kier alpha value is -3.59. The molecule has 4 aromatic carbocycles. The number of benzene rings is 4. The van der Waals surface area contributed by atoms with E-state index in [1.807, 2.05) is 36.5 Å². The molecular weight excluding hydrogens is 680 g/mol. The number of thiazole rings is 1. The van der Waals surface area contributed by atoms with Crippen LogP contribution in [0.5, 0.6) is 5.75 Å². The van der Waals surface area contributed by atoms with Gasteiger partial charge in [0.15, 0.2) is 0 Å². The second-order valence-electron chi connectivity index (χ2n) is 10.4. The summed E-state index contributed by atoms with van der Waals surface area (Å²) in [5.74, 6) is 0.237. The van der Waals surface area contributed by atoms with Gasteiger partial charge in [0.05, 0.1) is 11.1 Å². The maximum atomic E-state index is 10.4. The second kappa shape index (κ2) is 10.9. The second-order valence-corrected chi connectivity index (χ2v) is 11.5. The normalized spacial score (nSPS) is 11.4. The Kier molecular flexibility index (Phi) is 7.53. The van der Waals surface area contributed by atoms with Crippen LogP contribution in [-0.4, -0.2) is 15.1 Å². The molecule has 5 heteroatoms. The molecule has 0 atom stereocenters. The van der Waals surface area contributed by atoms with Crippen LogP contribution < -0.4 is 0 Å². The Balaban J connectivity index is 0.00000308. The Morgan fingerprint density at radius 2 is 1.46 bits per heavy atom. The predicted octanol–water partition coefficient (Wildman–Crippen LogP) is 9.16. The van der Waals surface area contributed by atoms with Gasteiger partial charge in [-0.2, -0.15) is 0 Å². The van der Waals surface area contributed by atoms with E-state index >= 15 is 0 Å². The average molecular weight is 707 g/mol. The molecule has 39 heavy (non-hydrogen) atoms. The van der Waals surface area contributed by atoms with Crippen LogP contribution in [0, 0.1) is 6.07 Å². The minimum absolute atomic E-state index is 0. The molecule has 196 valence electrons. The molecule has 2 aromatic heterocycles. The maximum absolute atomic E-state index is 10.4. The van der Waals surface area contributed by atoms with Gasteiger partial charge in [-0.15, -0.1) is 40.7 Å². The van der Waals surface area contributed by atoms with Gasteiger partial charge in [0.25, 0.3) is 0 Å². The Bertz CT molecular complexity index is 1770. The van der Waals surface area contributed by atoms with Crippen LogP contribution >= 0.6 is 11.3 Å². The molecule has 0 aliphatic heterocycles. The molecule has 0 saturated heterocycles. The largest absolute Gasteiger partial charge is 0.507 e. The zero-order chi connectivity index (χ0) is 26.3. The van der Waals surface area contributed by atoms with E-state index in [2.05, 4.69) is 87.5 Å². The molecule has 6 aromatic rings. The van der Waals surface area contributed by atoms with Gasteiger partial charge in [-0.05, 0) is 40.8 Å². The molecule has 0 bridgehead atoms. The zero-order valence-electron chi connectivity index (χ0n) is 21.9. The number of nitrogens with zero attached hydrogens (tertiary/aromatic N) is 2. The number of hydrogen-bond donors (Lipinski definition) is 1. The number of hydrogen-bond acceptors (Lipinski definition) is 4. The fourth-order valence-electron chi connectivity index (χ4n) is 4.61. The summed E-state index contributed by atoms with van der Waals surface area (Å²) >= 11 is 1.59. The standard InChI is InChI=1S/C34H27N2OS.Pt/c1-34(2,3)26-19-24(18-25(20-26)29-21-23(16-17-35-29)22-10-5-4-6-11-22)27-13-9-15-31-32(27)36-33(38-31)28-12-7-8-14-30(28)37;/h4-17,19-21,37H,1-3H3;/q-1;. The number of phenolic OH excluding ortho intramolecular Hbond substituents is 1. The Morgan fingerprint density at radius 3 is 2.23 bits per heavy atom. The third-order valence-corrected chi connectivity index (χ3v) is 7.78.